The molecule has 0 bridgehead atoms. The van der Waals surface area contributed by atoms with E-state index in [1.807, 2.05) is 0 Å². The zero-order valence-electron chi connectivity index (χ0n) is 36.1. The van der Waals surface area contributed by atoms with Crippen molar-refractivity contribution >= 4 is 67.2 Å². The van der Waals surface area contributed by atoms with Gasteiger partial charge in [-0.3, -0.25) is 0 Å². The molecular weight excluding hydrogens is 801 g/mol. The van der Waals surface area contributed by atoms with Crippen molar-refractivity contribution in [1.29, 1.82) is 0 Å². The van der Waals surface area contributed by atoms with Gasteiger partial charge in [-0.1, -0.05) is 224 Å². The van der Waals surface area contributed by atoms with Crippen LogP contribution in [0.4, 0.5) is 0 Å². The van der Waals surface area contributed by atoms with Gasteiger partial charge in [0, 0.05) is 33.6 Å². The van der Waals surface area contributed by atoms with Crippen molar-refractivity contribution in [3.63, 3.8) is 0 Å². The van der Waals surface area contributed by atoms with Crippen LogP contribution in [-0.2, 0) is 12.6 Å². The first-order valence-corrected chi connectivity index (χ1v) is 24.9. The van der Waals surface area contributed by atoms with Crippen LogP contribution in [0.25, 0.3) is 71.6 Å². The van der Waals surface area contributed by atoms with E-state index >= 15 is 0 Å². The summed E-state index contributed by atoms with van der Waals surface area (Å²) in [6, 6.07) is 95.4. The molecule has 10 aromatic carbocycles. The zero-order chi connectivity index (χ0) is 43.2. The van der Waals surface area contributed by atoms with Gasteiger partial charge in [-0.05, 0) is 85.3 Å². The second kappa shape index (κ2) is 16.3. The highest BCUT2D eigenvalue weighted by atomic mass is 28.3. The minimum atomic E-state index is -2.62. The van der Waals surface area contributed by atoms with E-state index in [0.29, 0.717) is 6.54 Å². The Bertz CT molecular complexity index is 3480. The number of para-hydroxylation sites is 2. The lowest BCUT2D eigenvalue weighted by Crippen LogP contribution is -2.68. The summed E-state index contributed by atoms with van der Waals surface area (Å²) >= 11 is 0. The lowest BCUT2D eigenvalue weighted by molar-refractivity contribution is 0.872. The molecule has 12 aromatic rings. The summed E-state index contributed by atoms with van der Waals surface area (Å²) in [5.74, 6) is 0. The van der Waals surface area contributed by atoms with E-state index in [1.54, 1.807) is 0 Å². The Morgan fingerprint density at radius 2 is 0.754 bits per heavy atom. The van der Waals surface area contributed by atoms with Gasteiger partial charge in [-0.15, -0.1) is 0 Å². The molecule has 0 saturated carbocycles. The smallest absolute Gasteiger partial charge is 0.152 e. The fourth-order valence-electron chi connectivity index (χ4n) is 10.9. The molecule has 0 spiro atoms. The minimum Gasteiger partial charge on any atom is -0.336 e. The Morgan fingerprint density at radius 1 is 0.323 bits per heavy atom. The normalized spacial score (nSPS) is 11.8. The molecule has 0 aliphatic heterocycles. The standard InChI is InChI=1S/C62H46N2Si/c1-6-23-45(24-7-1)51-36-21-37-52(46-25-8-2-9-26-46)55(51)43-63-56-38-18-16-34-53(56)62-58(63)40-22-42-60(62)64-57-39-19-17-35-54(57)61-47(27-20-41-59(61)64)44-65(48-28-10-3-11-29-48,49-30-12-4-13-31-49)50-32-14-5-15-33-50/h1-42H,43-44H2. The van der Waals surface area contributed by atoms with Crippen molar-refractivity contribution in [2.75, 3.05) is 0 Å². The Kier molecular flexibility index (Phi) is 9.69. The van der Waals surface area contributed by atoms with Gasteiger partial charge in [-0.2, -0.15) is 0 Å². The first-order chi connectivity index (χ1) is 32.3. The summed E-state index contributed by atoms with van der Waals surface area (Å²) < 4.78 is 5.11. The molecule has 2 heterocycles. The maximum Gasteiger partial charge on any atom is 0.152 e. The summed E-state index contributed by atoms with van der Waals surface area (Å²) in [5, 5.41) is 9.37. The third-order valence-corrected chi connectivity index (χ3v) is 18.6. The number of fused-ring (bicyclic) bond motifs is 6. The van der Waals surface area contributed by atoms with E-state index in [2.05, 4.69) is 264 Å². The van der Waals surface area contributed by atoms with Crippen molar-refractivity contribution in [1.82, 2.24) is 9.13 Å². The Labute approximate surface area is 381 Å². The molecule has 0 saturated heterocycles. The molecule has 0 fully saturated rings. The summed E-state index contributed by atoms with van der Waals surface area (Å²) in [4.78, 5) is 0. The molecule has 0 aliphatic rings. The Balaban J connectivity index is 1.10. The molecule has 0 aliphatic carbocycles. The highest BCUT2D eigenvalue weighted by Gasteiger charge is 2.40. The van der Waals surface area contributed by atoms with E-state index in [9.17, 15) is 0 Å². The quantitative estimate of drug-likeness (QED) is 0.0959. The van der Waals surface area contributed by atoms with Crippen LogP contribution in [0, 0.1) is 0 Å². The van der Waals surface area contributed by atoms with Crippen molar-refractivity contribution in [2.24, 2.45) is 0 Å². The number of nitrogens with zero attached hydrogens (tertiary/aromatic N) is 2. The average Bonchev–Trinajstić information content (AvgIpc) is 3.90. The minimum absolute atomic E-state index is 0.714. The number of rotatable bonds is 10. The van der Waals surface area contributed by atoms with Gasteiger partial charge in [0.2, 0.25) is 0 Å². The molecule has 3 heteroatoms. The molecule has 65 heavy (non-hydrogen) atoms. The van der Waals surface area contributed by atoms with Crippen LogP contribution in [0.15, 0.2) is 255 Å². The van der Waals surface area contributed by atoms with Crippen molar-refractivity contribution < 1.29 is 0 Å². The predicted molar refractivity (Wildman–Crippen MR) is 278 cm³/mol. The molecule has 2 nitrogen and oxygen atoms in total. The van der Waals surface area contributed by atoms with Gasteiger partial charge < -0.3 is 9.13 Å². The van der Waals surface area contributed by atoms with Crippen molar-refractivity contribution in [3.05, 3.63) is 266 Å². The molecule has 12 rings (SSSR count). The fraction of sp³-hybridized carbons (Fsp3) is 0.0323. The maximum atomic E-state index is 2.56. The van der Waals surface area contributed by atoms with Crippen LogP contribution in [0.3, 0.4) is 0 Å². The van der Waals surface area contributed by atoms with Crippen molar-refractivity contribution in [2.45, 2.75) is 12.6 Å². The van der Waals surface area contributed by atoms with Gasteiger partial charge in [0.15, 0.2) is 8.07 Å². The SMILES string of the molecule is c1ccc(-c2cccc(-c3ccccc3)c2Cn2c3ccccc3c3c(-n4c5ccccc5c5c(C[Si](c6ccccc6)(c6ccccc6)c6ccccc6)cccc54)cccc32)cc1. The average molecular weight is 847 g/mol. The molecule has 0 radical (unpaired) electrons. The van der Waals surface area contributed by atoms with E-state index in [0.717, 1.165) is 6.04 Å². The molecule has 0 amide bonds. The van der Waals surface area contributed by atoms with E-state index in [-0.39, 0.29) is 0 Å². The van der Waals surface area contributed by atoms with Crippen LogP contribution in [0.1, 0.15) is 11.1 Å². The maximum absolute atomic E-state index is 2.62. The van der Waals surface area contributed by atoms with Gasteiger partial charge in [0.05, 0.1) is 22.2 Å². The van der Waals surface area contributed by atoms with Crippen molar-refractivity contribution in [3.8, 4) is 27.9 Å². The lowest BCUT2D eigenvalue weighted by Gasteiger charge is -2.34. The summed E-state index contributed by atoms with van der Waals surface area (Å²) in [6.07, 6.45) is 0. The Morgan fingerprint density at radius 3 is 1.32 bits per heavy atom. The van der Waals surface area contributed by atoms with Crippen LogP contribution in [0.2, 0.25) is 0 Å². The number of aromatic nitrogens is 2. The predicted octanol–water partition coefficient (Wildman–Crippen LogP) is 13.5. The Hall–Kier alpha value is -7.98. The number of hydrogen-bond acceptors (Lipinski definition) is 0. The topological polar surface area (TPSA) is 9.86 Å². The van der Waals surface area contributed by atoms with Gasteiger partial charge >= 0.3 is 0 Å². The second-order valence-corrected chi connectivity index (χ2v) is 21.1. The van der Waals surface area contributed by atoms with Crippen LogP contribution in [-0.4, -0.2) is 17.2 Å². The molecule has 0 N–H and O–H groups in total. The van der Waals surface area contributed by atoms with Crippen LogP contribution < -0.4 is 15.6 Å². The largest absolute Gasteiger partial charge is 0.336 e. The van der Waals surface area contributed by atoms with Crippen LogP contribution in [0.5, 0.6) is 0 Å². The number of hydrogen-bond donors (Lipinski definition) is 0. The van der Waals surface area contributed by atoms with E-state index in [4.69, 9.17) is 0 Å². The number of benzene rings is 10. The molecule has 0 unspecified atom stereocenters. The van der Waals surface area contributed by atoms with Crippen LogP contribution >= 0.6 is 0 Å². The molecule has 0 atom stereocenters. The summed E-state index contributed by atoms with van der Waals surface area (Å²) in [7, 11) is -2.62. The van der Waals surface area contributed by atoms with E-state index in [1.165, 1.54) is 98.2 Å². The zero-order valence-corrected chi connectivity index (χ0v) is 37.1. The third kappa shape index (κ3) is 6.46. The monoisotopic (exact) mass is 846 g/mol. The molecule has 308 valence electrons. The molecule has 2 aromatic heterocycles. The first kappa shape index (κ1) is 38.7. The summed E-state index contributed by atoms with van der Waals surface area (Å²) in [5.41, 5.74) is 13.7. The summed E-state index contributed by atoms with van der Waals surface area (Å²) in [6.45, 7) is 0.714. The third-order valence-electron chi connectivity index (χ3n) is 13.7. The fourth-order valence-corrected chi connectivity index (χ4v) is 15.7. The highest BCUT2D eigenvalue weighted by molar-refractivity contribution is 7.11. The van der Waals surface area contributed by atoms with Gasteiger partial charge in [0.25, 0.3) is 0 Å². The molecular formula is C62H46N2Si. The highest BCUT2D eigenvalue weighted by Crippen LogP contribution is 2.42. The first-order valence-electron chi connectivity index (χ1n) is 22.7. The second-order valence-electron chi connectivity index (χ2n) is 17.2. The van der Waals surface area contributed by atoms with Gasteiger partial charge in [-0.25, -0.2) is 0 Å². The van der Waals surface area contributed by atoms with E-state index < -0.39 is 8.07 Å². The lowest BCUT2D eigenvalue weighted by atomic mass is 9.91. The van der Waals surface area contributed by atoms with Gasteiger partial charge in [0.1, 0.15) is 0 Å².